The molecule has 0 aliphatic carbocycles. The van der Waals surface area contributed by atoms with Crippen molar-refractivity contribution in [2.24, 2.45) is 0 Å². The molecule has 7 nitrogen and oxygen atoms in total. The second-order valence-electron chi connectivity index (χ2n) is 5.26. The van der Waals surface area contributed by atoms with Crippen LogP contribution >= 0.6 is 31.9 Å². The molecule has 0 saturated carbocycles. The summed E-state index contributed by atoms with van der Waals surface area (Å²) in [6.07, 6.45) is 1.53. The first-order valence-electron chi connectivity index (χ1n) is 7.80. The van der Waals surface area contributed by atoms with Crippen molar-refractivity contribution in [1.29, 1.82) is 0 Å². The fourth-order valence-corrected chi connectivity index (χ4v) is 2.53. The average molecular weight is 500 g/mol. The number of furan rings is 1. The topological polar surface area (TPSA) is 97.6 Å². The first-order valence-corrected chi connectivity index (χ1v) is 9.39. The monoisotopic (exact) mass is 498 g/mol. The molecule has 2 amide bonds. The van der Waals surface area contributed by atoms with Crippen LogP contribution in [0.2, 0.25) is 0 Å². The standard InChI is InChI=1S/C18H16Br2N2O5/c1-11(23)26-9-8-21-17(24)14(10-12-2-4-13(19)5-3-12)22-18(25)15-6-7-16(20)27-15/h2-7,10H,8-9H2,1H3,(H,21,24)(H,22,25). The molecule has 2 aromatic rings. The van der Waals surface area contributed by atoms with E-state index in [0.717, 1.165) is 4.47 Å². The molecule has 0 saturated heterocycles. The molecular weight excluding hydrogens is 484 g/mol. The molecule has 0 aliphatic heterocycles. The molecule has 0 fully saturated rings. The van der Waals surface area contributed by atoms with Gasteiger partial charge in [-0.3, -0.25) is 14.4 Å². The van der Waals surface area contributed by atoms with Crippen molar-refractivity contribution in [3.63, 3.8) is 0 Å². The molecule has 0 spiro atoms. The third-order valence-corrected chi connectivity index (χ3v) is 4.12. The van der Waals surface area contributed by atoms with E-state index in [9.17, 15) is 14.4 Å². The molecule has 27 heavy (non-hydrogen) atoms. The minimum atomic E-state index is -0.570. The Morgan fingerprint density at radius 3 is 2.41 bits per heavy atom. The predicted molar refractivity (Wildman–Crippen MR) is 106 cm³/mol. The van der Waals surface area contributed by atoms with Gasteiger partial charge in [-0.15, -0.1) is 0 Å². The van der Waals surface area contributed by atoms with Crippen molar-refractivity contribution in [2.75, 3.05) is 13.2 Å². The van der Waals surface area contributed by atoms with Crippen LogP contribution in [0.1, 0.15) is 23.0 Å². The third-order valence-electron chi connectivity index (χ3n) is 3.16. The highest BCUT2D eigenvalue weighted by Gasteiger charge is 2.17. The van der Waals surface area contributed by atoms with Gasteiger partial charge in [0.2, 0.25) is 0 Å². The van der Waals surface area contributed by atoms with Gasteiger partial charge in [0.05, 0.1) is 6.54 Å². The van der Waals surface area contributed by atoms with E-state index in [1.165, 1.54) is 19.1 Å². The fourth-order valence-electron chi connectivity index (χ4n) is 1.96. The Morgan fingerprint density at radius 2 is 1.81 bits per heavy atom. The summed E-state index contributed by atoms with van der Waals surface area (Å²) in [4.78, 5) is 35.5. The molecule has 0 atom stereocenters. The van der Waals surface area contributed by atoms with Crippen LogP contribution in [-0.4, -0.2) is 30.9 Å². The van der Waals surface area contributed by atoms with Crippen molar-refractivity contribution in [3.05, 3.63) is 62.6 Å². The Bertz CT molecular complexity index is 859. The first-order chi connectivity index (χ1) is 12.8. The zero-order valence-electron chi connectivity index (χ0n) is 14.3. The van der Waals surface area contributed by atoms with Gasteiger partial charge < -0.3 is 19.8 Å². The molecule has 0 bridgehead atoms. The number of esters is 1. The number of hydrogen-bond acceptors (Lipinski definition) is 5. The van der Waals surface area contributed by atoms with E-state index in [0.29, 0.717) is 10.2 Å². The van der Waals surface area contributed by atoms with Gasteiger partial charge in [-0.05, 0) is 51.8 Å². The average Bonchev–Trinajstić information content (AvgIpc) is 3.06. The SMILES string of the molecule is CC(=O)OCCNC(=O)C(=Cc1ccc(Br)cc1)NC(=O)c1ccc(Br)o1. The molecule has 1 aromatic heterocycles. The van der Waals surface area contributed by atoms with E-state index in [-0.39, 0.29) is 24.6 Å². The summed E-state index contributed by atoms with van der Waals surface area (Å²) in [5.41, 5.74) is 0.738. The summed E-state index contributed by atoms with van der Waals surface area (Å²) in [6.45, 7) is 1.42. The number of nitrogens with one attached hydrogen (secondary N) is 2. The van der Waals surface area contributed by atoms with Crippen molar-refractivity contribution in [2.45, 2.75) is 6.92 Å². The van der Waals surface area contributed by atoms with Crippen LogP contribution in [0.3, 0.4) is 0 Å². The van der Waals surface area contributed by atoms with Gasteiger partial charge in [0.25, 0.3) is 11.8 Å². The maximum Gasteiger partial charge on any atom is 0.302 e. The van der Waals surface area contributed by atoms with E-state index in [1.54, 1.807) is 18.2 Å². The van der Waals surface area contributed by atoms with Gasteiger partial charge >= 0.3 is 5.97 Å². The second-order valence-corrected chi connectivity index (χ2v) is 6.96. The summed E-state index contributed by atoms with van der Waals surface area (Å²) in [5, 5.41) is 5.12. The Morgan fingerprint density at radius 1 is 1.11 bits per heavy atom. The lowest BCUT2D eigenvalue weighted by Crippen LogP contribution is -2.36. The number of amides is 2. The third kappa shape index (κ3) is 7.03. The van der Waals surface area contributed by atoms with Crippen molar-refractivity contribution < 1.29 is 23.5 Å². The van der Waals surface area contributed by atoms with Crippen molar-refractivity contribution in [1.82, 2.24) is 10.6 Å². The van der Waals surface area contributed by atoms with E-state index >= 15 is 0 Å². The summed E-state index contributed by atoms with van der Waals surface area (Å²) in [7, 11) is 0. The first kappa shape index (κ1) is 20.9. The summed E-state index contributed by atoms with van der Waals surface area (Å²) >= 11 is 6.46. The van der Waals surface area contributed by atoms with Crippen LogP contribution in [0.25, 0.3) is 6.08 Å². The highest BCUT2D eigenvalue weighted by molar-refractivity contribution is 9.10. The van der Waals surface area contributed by atoms with Crippen LogP contribution in [0.15, 0.2) is 55.7 Å². The zero-order chi connectivity index (χ0) is 19.8. The van der Waals surface area contributed by atoms with Gasteiger partial charge in [0.1, 0.15) is 12.3 Å². The van der Waals surface area contributed by atoms with Gasteiger partial charge in [-0.25, -0.2) is 0 Å². The Labute approximate surface area is 172 Å². The molecule has 2 rings (SSSR count). The van der Waals surface area contributed by atoms with Crippen molar-refractivity contribution in [3.8, 4) is 0 Å². The summed E-state index contributed by atoms with van der Waals surface area (Å²) in [6, 6.07) is 10.3. The van der Waals surface area contributed by atoms with Crippen LogP contribution in [0, 0.1) is 0 Å². The van der Waals surface area contributed by atoms with Crippen LogP contribution in [0.4, 0.5) is 0 Å². The largest absolute Gasteiger partial charge is 0.464 e. The number of carbonyl (C=O) groups is 3. The van der Waals surface area contributed by atoms with Crippen LogP contribution < -0.4 is 10.6 Å². The molecule has 0 unspecified atom stereocenters. The molecule has 2 N–H and O–H groups in total. The van der Waals surface area contributed by atoms with Gasteiger partial charge in [-0.1, -0.05) is 28.1 Å². The molecule has 1 aromatic carbocycles. The van der Waals surface area contributed by atoms with E-state index < -0.39 is 17.8 Å². The smallest absolute Gasteiger partial charge is 0.302 e. The van der Waals surface area contributed by atoms with Crippen LogP contribution in [0.5, 0.6) is 0 Å². The molecule has 0 aliphatic rings. The predicted octanol–water partition coefficient (Wildman–Crippen LogP) is 3.25. The minimum absolute atomic E-state index is 0.0256. The van der Waals surface area contributed by atoms with Gasteiger partial charge in [-0.2, -0.15) is 0 Å². The molecule has 142 valence electrons. The number of rotatable bonds is 7. The number of carbonyl (C=O) groups excluding carboxylic acids is 3. The molecule has 1 heterocycles. The maximum absolute atomic E-state index is 12.4. The summed E-state index contributed by atoms with van der Waals surface area (Å²) in [5.74, 6) is -1.48. The van der Waals surface area contributed by atoms with Gasteiger partial charge in [0.15, 0.2) is 10.4 Å². The lowest BCUT2D eigenvalue weighted by atomic mass is 10.2. The van der Waals surface area contributed by atoms with Crippen LogP contribution in [-0.2, 0) is 14.3 Å². The Kier molecular flexibility index (Phi) is 7.81. The maximum atomic E-state index is 12.4. The second kappa shape index (κ2) is 10.1. The highest BCUT2D eigenvalue weighted by Crippen LogP contribution is 2.15. The Balaban J connectivity index is 2.14. The molecule has 0 radical (unpaired) electrons. The minimum Gasteiger partial charge on any atom is -0.464 e. The van der Waals surface area contributed by atoms with E-state index in [1.807, 2.05) is 12.1 Å². The lowest BCUT2D eigenvalue weighted by molar-refractivity contribution is -0.141. The lowest BCUT2D eigenvalue weighted by Gasteiger charge is -2.10. The Hall–Kier alpha value is -2.39. The fraction of sp³-hybridized carbons (Fsp3) is 0.167. The van der Waals surface area contributed by atoms with E-state index in [4.69, 9.17) is 9.15 Å². The highest BCUT2D eigenvalue weighted by atomic mass is 79.9. The van der Waals surface area contributed by atoms with E-state index in [2.05, 4.69) is 42.5 Å². The zero-order valence-corrected chi connectivity index (χ0v) is 17.4. The molecule has 9 heteroatoms. The summed E-state index contributed by atoms with van der Waals surface area (Å²) < 4.78 is 11.3. The normalized spacial score (nSPS) is 11.0. The number of hydrogen-bond donors (Lipinski definition) is 2. The van der Waals surface area contributed by atoms with Crippen molar-refractivity contribution >= 4 is 55.7 Å². The quantitative estimate of drug-likeness (QED) is 0.346. The number of halogens is 2. The van der Waals surface area contributed by atoms with Gasteiger partial charge in [0, 0.05) is 11.4 Å². The number of benzene rings is 1. The molecular formula is C18H16Br2N2O5. The number of ether oxygens (including phenoxy) is 1.